The molecule has 0 aliphatic heterocycles. The zero-order valence-electron chi connectivity index (χ0n) is 13.0. The Kier molecular flexibility index (Phi) is 8.30. The minimum atomic E-state index is -6.00. The molecule has 0 heterocycles. The fourth-order valence-electron chi connectivity index (χ4n) is 3.64. The van der Waals surface area contributed by atoms with Gasteiger partial charge in [-0.2, -0.15) is 0 Å². The van der Waals surface area contributed by atoms with E-state index in [0.717, 1.165) is 11.3 Å². The highest BCUT2D eigenvalue weighted by molar-refractivity contribution is 7.63. The van der Waals surface area contributed by atoms with Crippen molar-refractivity contribution in [3.8, 4) is 0 Å². The Morgan fingerprint density at radius 1 is 0.810 bits per heavy atom. The summed E-state index contributed by atoms with van der Waals surface area (Å²) in [7, 11) is -5.85. The Balaban J connectivity index is 0.000000383. The lowest BCUT2D eigenvalue weighted by atomic mass is 9.99. The van der Waals surface area contributed by atoms with Crippen LogP contribution in [0.4, 0.5) is 17.3 Å². The Morgan fingerprint density at radius 2 is 1.10 bits per heavy atom. The van der Waals surface area contributed by atoms with E-state index in [1.54, 1.807) is 5.31 Å². The highest BCUT2D eigenvalue weighted by Gasteiger charge is 2.31. The lowest BCUT2D eigenvalue weighted by Crippen LogP contribution is -2.20. The van der Waals surface area contributed by atoms with Gasteiger partial charge in [-0.3, -0.25) is 0 Å². The van der Waals surface area contributed by atoms with Crippen LogP contribution in [-0.2, 0) is 0 Å². The van der Waals surface area contributed by atoms with Crippen molar-refractivity contribution in [1.29, 1.82) is 0 Å². The number of hydrogen-bond acceptors (Lipinski definition) is 0. The predicted molar refractivity (Wildman–Crippen MR) is 85.7 cm³/mol. The molecule has 0 nitrogen and oxygen atoms in total. The molecular formula is C15H27BF4P-. The molecule has 6 heteroatoms. The molecule has 0 aromatic heterocycles. The second-order valence-electron chi connectivity index (χ2n) is 6.22. The van der Waals surface area contributed by atoms with Crippen LogP contribution < -0.4 is 0 Å². The normalized spacial score (nSPS) is 21.8. The third kappa shape index (κ3) is 8.23. The van der Waals surface area contributed by atoms with Crippen LogP contribution >= 0.6 is 7.92 Å². The molecule has 2 aliphatic carbocycles. The van der Waals surface area contributed by atoms with Gasteiger partial charge in [-0.15, -0.1) is 0 Å². The van der Waals surface area contributed by atoms with E-state index < -0.39 is 7.25 Å². The Labute approximate surface area is 127 Å². The first-order valence-corrected chi connectivity index (χ1v) is 9.58. The first-order valence-electron chi connectivity index (χ1n) is 8.10. The SMILES string of the molecule is C=C(C)P(C1CCCCC1)C1CCCCC1.F[B-](F)(F)F. The van der Waals surface area contributed by atoms with Crippen molar-refractivity contribution in [1.82, 2.24) is 0 Å². The second kappa shape index (κ2) is 9.17. The smallest absolute Gasteiger partial charge is 0.418 e. The largest absolute Gasteiger partial charge is 0.673 e. The monoisotopic (exact) mass is 325 g/mol. The molecule has 124 valence electrons. The maximum absolute atomic E-state index is 9.75. The van der Waals surface area contributed by atoms with E-state index in [0.29, 0.717) is 0 Å². The fraction of sp³-hybridized carbons (Fsp3) is 0.867. The van der Waals surface area contributed by atoms with Gasteiger partial charge in [-0.25, -0.2) is 0 Å². The van der Waals surface area contributed by atoms with Gasteiger partial charge in [-0.05, 0) is 43.9 Å². The number of rotatable bonds is 3. The Morgan fingerprint density at radius 3 is 1.33 bits per heavy atom. The molecule has 0 spiro atoms. The number of halogens is 4. The number of allylic oxidation sites excluding steroid dienone is 1. The van der Waals surface area contributed by atoms with Gasteiger partial charge in [0.2, 0.25) is 0 Å². The molecule has 0 saturated heterocycles. The van der Waals surface area contributed by atoms with E-state index >= 15 is 0 Å². The second-order valence-corrected chi connectivity index (χ2v) is 9.26. The summed E-state index contributed by atoms with van der Waals surface area (Å²) >= 11 is 0. The third-order valence-electron chi connectivity index (χ3n) is 4.38. The van der Waals surface area contributed by atoms with E-state index in [9.17, 15) is 17.3 Å². The van der Waals surface area contributed by atoms with Gasteiger partial charge < -0.3 is 17.3 Å². The zero-order valence-corrected chi connectivity index (χ0v) is 13.9. The van der Waals surface area contributed by atoms with E-state index in [-0.39, 0.29) is 7.92 Å². The maximum Gasteiger partial charge on any atom is 0.673 e. The molecule has 21 heavy (non-hydrogen) atoms. The van der Waals surface area contributed by atoms with Crippen molar-refractivity contribution in [3.05, 3.63) is 11.9 Å². The van der Waals surface area contributed by atoms with E-state index in [2.05, 4.69) is 13.5 Å². The summed E-state index contributed by atoms with van der Waals surface area (Å²) in [6.45, 7) is 6.65. The standard InChI is InChI=1S/C15H27P.BF4/c1-13(2)16(14-9-5-3-6-10-14)15-11-7-4-8-12-15;2-1(3,4)5/h14-15H,1,3-12H2,2H3;/q;-1. The van der Waals surface area contributed by atoms with Crippen LogP contribution in [0.2, 0.25) is 0 Å². The van der Waals surface area contributed by atoms with Crippen LogP contribution in [0.25, 0.3) is 0 Å². The summed E-state index contributed by atoms with van der Waals surface area (Å²) < 4.78 is 39.0. The van der Waals surface area contributed by atoms with Gasteiger partial charge >= 0.3 is 7.25 Å². The molecule has 0 aromatic carbocycles. The third-order valence-corrected chi connectivity index (χ3v) is 7.86. The molecule has 2 rings (SSSR count). The van der Waals surface area contributed by atoms with Crippen molar-refractivity contribution in [3.63, 3.8) is 0 Å². The van der Waals surface area contributed by atoms with Gasteiger partial charge in [-0.1, -0.05) is 58.3 Å². The first kappa shape index (κ1) is 19.0. The summed E-state index contributed by atoms with van der Waals surface area (Å²) in [5.41, 5.74) is 2.09. The Hall–Kier alpha value is -0.0451. The lowest BCUT2D eigenvalue weighted by molar-refractivity contribution is 0.368. The van der Waals surface area contributed by atoms with E-state index in [1.165, 1.54) is 64.2 Å². The van der Waals surface area contributed by atoms with Crippen LogP contribution in [0, 0.1) is 0 Å². The molecule has 0 bridgehead atoms. The molecule has 0 amide bonds. The molecule has 0 unspecified atom stereocenters. The van der Waals surface area contributed by atoms with E-state index in [4.69, 9.17) is 0 Å². The van der Waals surface area contributed by atoms with Crippen LogP contribution in [-0.4, -0.2) is 18.6 Å². The number of hydrogen-bond donors (Lipinski definition) is 0. The van der Waals surface area contributed by atoms with Gasteiger partial charge in [0.1, 0.15) is 0 Å². The summed E-state index contributed by atoms with van der Waals surface area (Å²) in [4.78, 5) is 0. The first-order chi connectivity index (χ1) is 9.79. The minimum Gasteiger partial charge on any atom is -0.418 e. The molecule has 0 N–H and O–H groups in total. The molecule has 2 fully saturated rings. The van der Waals surface area contributed by atoms with E-state index in [1.807, 2.05) is 0 Å². The zero-order chi connectivity index (χ0) is 15.9. The average Bonchev–Trinajstić information content (AvgIpc) is 2.39. The summed E-state index contributed by atoms with van der Waals surface area (Å²) in [6, 6.07) is 0. The molecule has 2 saturated carbocycles. The topological polar surface area (TPSA) is 0 Å². The van der Waals surface area contributed by atoms with Crippen molar-refractivity contribution in [2.45, 2.75) is 82.4 Å². The average molecular weight is 325 g/mol. The van der Waals surface area contributed by atoms with Gasteiger partial charge in [0.05, 0.1) is 0 Å². The van der Waals surface area contributed by atoms with Gasteiger partial charge in [0, 0.05) is 0 Å². The van der Waals surface area contributed by atoms with Crippen LogP contribution in [0.1, 0.15) is 71.1 Å². The molecule has 0 radical (unpaired) electrons. The van der Waals surface area contributed by atoms with Crippen LogP contribution in [0.15, 0.2) is 11.9 Å². The molecule has 2 aliphatic rings. The molecule has 0 aromatic rings. The van der Waals surface area contributed by atoms with Gasteiger partial charge in [0.25, 0.3) is 0 Å². The highest BCUT2D eigenvalue weighted by atomic mass is 31.1. The molecular weight excluding hydrogens is 298 g/mol. The fourth-order valence-corrected chi connectivity index (χ4v) is 7.33. The van der Waals surface area contributed by atoms with Crippen molar-refractivity contribution in [2.24, 2.45) is 0 Å². The molecule has 0 atom stereocenters. The predicted octanol–water partition coefficient (Wildman–Crippen LogP) is 6.97. The highest BCUT2D eigenvalue weighted by Crippen LogP contribution is 2.60. The van der Waals surface area contributed by atoms with Crippen molar-refractivity contribution < 1.29 is 17.3 Å². The van der Waals surface area contributed by atoms with Crippen LogP contribution in [0.5, 0.6) is 0 Å². The maximum atomic E-state index is 9.75. The summed E-state index contributed by atoms with van der Waals surface area (Å²) in [5, 5.41) is 1.55. The lowest BCUT2D eigenvalue weighted by Gasteiger charge is -2.38. The van der Waals surface area contributed by atoms with Gasteiger partial charge in [0.15, 0.2) is 0 Å². The van der Waals surface area contributed by atoms with Crippen molar-refractivity contribution in [2.75, 3.05) is 0 Å². The summed E-state index contributed by atoms with van der Waals surface area (Å²) in [5.74, 6) is 0. The Bertz CT molecular complexity index is 283. The summed E-state index contributed by atoms with van der Waals surface area (Å²) in [6.07, 6.45) is 15.0. The quantitative estimate of drug-likeness (QED) is 0.299. The van der Waals surface area contributed by atoms with Crippen molar-refractivity contribution >= 4 is 15.2 Å². The minimum absolute atomic E-state index is 0.150. The van der Waals surface area contributed by atoms with Crippen LogP contribution in [0.3, 0.4) is 0 Å².